The quantitative estimate of drug-likeness (QED) is 0.197. The van der Waals surface area contributed by atoms with Gasteiger partial charge in [-0.3, -0.25) is 0 Å². The van der Waals surface area contributed by atoms with Gasteiger partial charge in [0.1, 0.15) is 0 Å². The molecule has 0 radical (unpaired) electrons. The van der Waals surface area contributed by atoms with E-state index in [4.69, 9.17) is 0 Å². The summed E-state index contributed by atoms with van der Waals surface area (Å²) in [5, 5.41) is 2.58. The van der Waals surface area contributed by atoms with Gasteiger partial charge in [-0.1, -0.05) is 129 Å². The molecule has 216 valence electrons. The highest BCUT2D eigenvalue weighted by Crippen LogP contribution is 2.52. The molecule has 0 aliphatic heterocycles. The van der Waals surface area contributed by atoms with Crippen LogP contribution in [0.25, 0.3) is 44.2 Å². The predicted molar refractivity (Wildman–Crippen MR) is 192 cm³/mol. The fraction of sp³-hybridized carbons (Fsp3) is 0.0909. The van der Waals surface area contributed by atoms with E-state index in [0.717, 1.165) is 11.4 Å². The van der Waals surface area contributed by atoms with E-state index in [9.17, 15) is 0 Å². The number of hydrogen-bond donors (Lipinski definition) is 0. The lowest BCUT2D eigenvalue weighted by Crippen LogP contribution is -2.15. The van der Waals surface area contributed by atoms with Crippen molar-refractivity contribution in [3.8, 4) is 33.4 Å². The third-order valence-electron chi connectivity index (χ3n) is 9.59. The van der Waals surface area contributed by atoms with Gasteiger partial charge in [-0.25, -0.2) is 0 Å². The number of nitrogens with zero attached hydrogens (tertiary/aromatic N) is 1. The van der Waals surface area contributed by atoms with E-state index in [1.807, 2.05) is 0 Å². The number of rotatable bonds is 5. The van der Waals surface area contributed by atoms with Gasteiger partial charge in [-0.2, -0.15) is 0 Å². The molecule has 0 spiro atoms. The van der Waals surface area contributed by atoms with Gasteiger partial charge >= 0.3 is 0 Å². The highest BCUT2D eigenvalue weighted by atomic mass is 15.1. The summed E-state index contributed by atoms with van der Waals surface area (Å²) in [4.78, 5) is 2.41. The van der Waals surface area contributed by atoms with Crippen LogP contribution in [0.3, 0.4) is 0 Å². The Morgan fingerprint density at radius 2 is 0.978 bits per heavy atom. The number of anilines is 3. The summed E-state index contributed by atoms with van der Waals surface area (Å²) in [5.41, 5.74) is 15.0. The summed E-state index contributed by atoms with van der Waals surface area (Å²) in [5.74, 6) is 0. The Hall–Kier alpha value is -5.40. The minimum atomic E-state index is -0.0610. The first-order valence-electron chi connectivity index (χ1n) is 15.8. The van der Waals surface area contributed by atoms with E-state index in [0.29, 0.717) is 0 Å². The molecule has 1 heteroatoms. The number of fused-ring (bicyclic) bond motifs is 4. The second kappa shape index (κ2) is 10.6. The van der Waals surface area contributed by atoms with Crippen molar-refractivity contribution in [1.82, 2.24) is 0 Å². The van der Waals surface area contributed by atoms with Crippen LogP contribution in [0.2, 0.25) is 0 Å². The molecular weight excluding hydrogens is 542 g/mol. The van der Waals surface area contributed by atoms with Crippen molar-refractivity contribution in [3.05, 3.63) is 174 Å². The Bertz CT molecular complexity index is 2190. The molecule has 0 N–H and O–H groups in total. The number of para-hydroxylation sites is 1. The van der Waals surface area contributed by atoms with Crippen LogP contribution in [0.1, 0.15) is 30.5 Å². The standard InChI is InChI=1S/C44H35N/c1-30-13-7-12-20-43(30)45(35-23-21-32(22-24-35)38-19-11-10-18-37(38)31-14-5-4-6-15-31)36-25-26-41-40(29-36)39-27-33-16-8-9-17-34(33)28-42(39)44(41,2)3/h4-29H,1-3H3. The summed E-state index contributed by atoms with van der Waals surface area (Å²) in [7, 11) is 0. The first kappa shape index (κ1) is 27.2. The minimum Gasteiger partial charge on any atom is -0.310 e. The average Bonchev–Trinajstić information content (AvgIpc) is 3.30. The molecule has 0 fully saturated rings. The van der Waals surface area contributed by atoms with Crippen molar-refractivity contribution >= 4 is 27.8 Å². The van der Waals surface area contributed by atoms with Crippen molar-refractivity contribution in [1.29, 1.82) is 0 Å². The summed E-state index contributed by atoms with van der Waals surface area (Å²) in [6.45, 7) is 6.92. The second-order valence-corrected chi connectivity index (χ2v) is 12.7. The molecule has 0 amide bonds. The fourth-order valence-electron chi connectivity index (χ4n) is 7.20. The van der Waals surface area contributed by atoms with E-state index in [1.165, 1.54) is 66.5 Å². The van der Waals surface area contributed by atoms with Crippen molar-refractivity contribution in [2.24, 2.45) is 0 Å². The molecule has 0 unspecified atom stereocenters. The average molecular weight is 578 g/mol. The largest absolute Gasteiger partial charge is 0.310 e. The summed E-state index contributed by atoms with van der Waals surface area (Å²) in [6.07, 6.45) is 0. The molecule has 0 saturated heterocycles. The van der Waals surface area contributed by atoms with Gasteiger partial charge in [-0.15, -0.1) is 0 Å². The van der Waals surface area contributed by atoms with Crippen LogP contribution in [0.4, 0.5) is 17.1 Å². The molecule has 0 heterocycles. The molecule has 0 saturated carbocycles. The molecule has 0 aromatic heterocycles. The van der Waals surface area contributed by atoms with Crippen molar-refractivity contribution in [2.75, 3.05) is 4.90 Å². The van der Waals surface area contributed by atoms with Crippen LogP contribution in [0, 0.1) is 6.92 Å². The maximum absolute atomic E-state index is 2.41. The van der Waals surface area contributed by atoms with Gasteiger partial charge in [0, 0.05) is 22.5 Å². The monoisotopic (exact) mass is 577 g/mol. The lowest BCUT2D eigenvalue weighted by Gasteiger charge is -2.28. The molecule has 1 nitrogen and oxygen atoms in total. The zero-order chi connectivity index (χ0) is 30.5. The predicted octanol–water partition coefficient (Wildman–Crippen LogP) is 12.3. The Kier molecular flexibility index (Phi) is 6.43. The van der Waals surface area contributed by atoms with Crippen LogP contribution < -0.4 is 4.90 Å². The van der Waals surface area contributed by atoms with Crippen LogP contribution in [-0.4, -0.2) is 0 Å². The van der Waals surface area contributed by atoms with Crippen molar-refractivity contribution in [3.63, 3.8) is 0 Å². The van der Waals surface area contributed by atoms with Gasteiger partial charge in [-0.05, 0) is 110 Å². The summed E-state index contributed by atoms with van der Waals surface area (Å²) < 4.78 is 0. The Morgan fingerprint density at radius 3 is 1.69 bits per heavy atom. The minimum absolute atomic E-state index is 0.0610. The van der Waals surface area contributed by atoms with Crippen molar-refractivity contribution < 1.29 is 0 Å². The van der Waals surface area contributed by atoms with Gasteiger partial charge in [0.15, 0.2) is 0 Å². The van der Waals surface area contributed by atoms with Gasteiger partial charge in [0.2, 0.25) is 0 Å². The van der Waals surface area contributed by atoms with Crippen molar-refractivity contribution in [2.45, 2.75) is 26.2 Å². The lowest BCUT2D eigenvalue weighted by atomic mass is 9.82. The SMILES string of the molecule is Cc1ccccc1N(c1ccc(-c2ccccc2-c2ccccc2)cc1)c1ccc2c(c1)-c1cc3ccccc3cc1C2(C)C. The Morgan fingerprint density at radius 1 is 0.422 bits per heavy atom. The first-order chi connectivity index (χ1) is 22.0. The maximum Gasteiger partial charge on any atom is 0.0490 e. The smallest absolute Gasteiger partial charge is 0.0490 e. The summed E-state index contributed by atoms with van der Waals surface area (Å²) in [6, 6.07) is 57.6. The zero-order valence-corrected chi connectivity index (χ0v) is 26.0. The Labute approximate surface area is 266 Å². The third kappa shape index (κ3) is 4.55. The normalized spacial score (nSPS) is 13.0. The van der Waals surface area contributed by atoms with Crippen LogP contribution in [0.15, 0.2) is 158 Å². The molecule has 45 heavy (non-hydrogen) atoms. The number of hydrogen-bond acceptors (Lipinski definition) is 1. The van der Waals surface area contributed by atoms with E-state index >= 15 is 0 Å². The van der Waals surface area contributed by atoms with Gasteiger partial charge in [0.25, 0.3) is 0 Å². The molecule has 7 aromatic rings. The lowest BCUT2D eigenvalue weighted by molar-refractivity contribution is 0.661. The molecule has 0 atom stereocenters. The Balaban J connectivity index is 1.26. The first-order valence-corrected chi connectivity index (χ1v) is 15.8. The number of benzene rings is 7. The van der Waals surface area contributed by atoms with E-state index in [1.54, 1.807) is 0 Å². The second-order valence-electron chi connectivity index (χ2n) is 12.7. The van der Waals surface area contributed by atoms with Crippen LogP contribution >= 0.6 is 0 Å². The van der Waals surface area contributed by atoms with Crippen LogP contribution in [-0.2, 0) is 5.41 Å². The third-order valence-corrected chi connectivity index (χ3v) is 9.59. The number of aryl methyl sites for hydroxylation is 1. The van der Waals surface area contributed by atoms with E-state index < -0.39 is 0 Å². The molecule has 7 aromatic carbocycles. The maximum atomic E-state index is 2.41. The molecular formula is C44H35N. The molecule has 0 bridgehead atoms. The topological polar surface area (TPSA) is 3.24 Å². The zero-order valence-electron chi connectivity index (χ0n) is 26.0. The van der Waals surface area contributed by atoms with Gasteiger partial charge < -0.3 is 4.90 Å². The summed E-state index contributed by atoms with van der Waals surface area (Å²) >= 11 is 0. The fourth-order valence-corrected chi connectivity index (χ4v) is 7.20. The van der Waals surface area contributed by atoms with Crippen LogP contribution in [0.5, 0.6) is 0 Å². The van der Waals surface area contributed by atoms with E-state index in [2.05, 4.69) is 183 Å². The highest BCUT2D eigenvalue weighted by Gasteiger charge is 2.36. The highest BCUT2D eigenvalue weighted by molar-refractivity contribution is 5.95. The van der Waals surface area contributed by atoms with E-state index in [-0.39, 0.29) is 5.41 Å². The molecule has 8 rings (SSSR count). The molecule has 1 aliphatic carbocycles. The van der Waals surface area contributed by atoms with Gasteiger partial charge in [0.05, 0.1) is 0 Å². The molecule has 1 aliphatic rings.